The van der Waals surface area contributed by atoms with Gasteiger partial charge in [0, 0.05) is 35.4 Å². The zero-order valence-electron chi connectivity index (χ0n) is 17.5. The minimum atomic E-state index is -3.47. The maximum Gasteiger partial charge on any atom is 0.257 e. The number of aromatic nitrogens is 1. The number of benzene rings is 2. The number of anilines is 3. The fraction of sp³-hybridized carbons (Fsp3) is 0.136. The molecule has 0 aliphatic rings. The Labute approximate surface area is 185 Å². The van der Waals surface area contributed by atoms with Crippen LogP contribution in [0.2, 0.25) is 0 Å². The summed E-state index contributed by atoms with van der Waals surface area (Å²) in [6.45, 7) is 1.52. The van der Waals surface area contributed by atoms with Crippen LogP contribution in [-0.4, -0.2) is 38.1 Å². The van der Waals surface area contributed by atoms with E-state index in [1.165, 1.54) is 32.4 Å². The molecular weight excluding hydrogens is 432 g/mol. The van der Waals surface area contributed by atoms with Gasteiger partial charge >= 0.3 is 0 Å². The van der Waals surface area contributed by atoms with E-state index in [0.29, 0.717) is 22.5 Å². The van der Waals surface area contributed by atoms with Crippen molar-refractivity contribution in [2.45, 2.75) is 6.92 Å². The van der Waals surface area contributed by atoms with Crippen molar-refractivity contribution in [1.29, 1.82) is 0 Å². The average molecular weight is 455 g/mol. The van der Waals surface area contributed by atoms with Crippen molar-refractivity contribution in [3.63, 3.8) is 0 Å². The molecule has 0 radical (unpaired) electrons. The molecule has 0 spiro atoms. The van der Waals surface area contributed by atoms with Crippen LogP contribution in [0.4, 0.5) is 17.1 Å². The molecule has 10 heteroatoms. The summed E-state index contributed by atoms with van der Waals surface area (Å²) in [4.78, 5) is 28.9. The van der Waals surface area contributed by atoms with Gasteiger partial charge in [-0.1, -0.05) is 6.07 Å². The summed E-state index contributed by atoms with van der Waals surface area (Å²) in [5.41, 5.74) is 1.86. The Balaban J connectivity index is 1.73. The van der Waals surface area contributed by atoms with Crippen molar-refractivity contribution in [2.75, 3.05) is 28.2 Å². The molecule has 0 unspecified atom stereocenters. The molecule has 3 aromatic rings. The lowest BCUT2D eigenvalue weighted by Gasteiger charge is -2.13. The van der Waals surface area contributed by atoms with E-state index in [0.717, 1.165) is 0 Å². The molecule has 32 heavy (non-hydrogen) atoms. The largest absolute Gasteiger partial charge is 0.494 e. The molecule has 0 saturated carbocycles. The Morgan fingerprint density at radius 2 is 1.62 bits per heavy atom. The number of methoxy groups -OCH3 is 1. The Morgan fingerprint density at radius 1 is 0.938 bits per heavy atom. The molecular formula is C22H22N4O5S. The number of rotatable bonds is 8. The number of nitrogens with one attached hydrogen (secondary N) is 3. The quantitative estimate of drug-likeness (QED) is 0.479. The van der Waals surface area contributed by atoms with Crippen LogP contribution < -0.4 is 20.1 Å². The van der Waals surface area contributed by atoms with Gasteiger partial charge in [0.15, 0.2) is 0 Å². The minimum absolute atomic E-state index is 0.0810. The maximum atomic E-state index is 12.7. The monoisotopic (exact) mass is 454 g/mol. The summed E-state index contributed by atoms with van der Waals surface area (Å²) in [6.07, 6.45) is 3.02. The standard InChI is InChI=1S/C22H22N4O5S/c1-3-32(29,30)26-19-10-9-18(13-20(19)31-2)25-21(27)15-6-4-8-17(12-15)24-22(28)16-7-5-11-23-14-16/h4-14,26H,3H2,1-2H3,(H,24,28)(H,25,27). The Morgan fingerprint density at radius 3 is 2.28 bits per heavy atom. The first-order chi connectivity index (χ1) is 15.3. The van der Waals surface area contributed by atoms with Crippen molar-refractivity contribution in [1.82, 2.24) is 4.98 Å². The molecule has 2 amide bonds. The SMILES string of the molecule is CCS(=O)(=O)Nc1ccc(NC(=O)c2cccc(NC(=O)c3cccnc3)c2)cc1OC. The van der Waals surface area contributed by atoms with Crippen LogP contribution >= 0.6 is 0 Å². The van der Waals surface area contributed by atoms with E-state index in [-0.39, 0.29) is 23.1 Å². The van der Waals surface area contributed by atoms with Gasteiger partial charge in [-0.25, -0.2) is 8.42 Å². The van der Waals surface area contributed by atoms with Gasteiger partial charge in [0.05, 0.1) is 24.1 Å². The zero-order valence-corrected chi connectivity index (χ0v) is 18.3. The lowest BCUT2D eigenvalue weighted by atomic mass is 10.1. The molecule has 0 aliphatic heterocycles. The molecule has 2 aromatic carbocycles. The van der Waals surface area contributed by atoms with Gasteiger partial charge in [-0.2, -0.15) is 0 Å². The molecule has 0 atom stereocenters. The Kier molecular flexibility index (Phi) is 7.06. The van der Waals surface area contributed by atoms with E-state index in [2.05, 4.69) is 20.3 Å². The third-order valence-electron chi connectivity index (χ3n) is 4.41. The zero-order chi connectivity index (χ0) is 23.1. The highest BCUT2D eigenvalue weighted by Gasteiger charge is 2.14. The summed E-state index contributed by atoms with van der Waals surface area (Å²) in [5, 5.41) is 5.46. The molecule has 3 rings (SSSR count). The van der Waals surface area contributed by atoms with Crippen molar-refractivity contribution >= 4 is 38.9 Å². The van der Waals surface area contributed by atoms with Crippen LogP contribution in [0.5, 0.6) is 5.75 Å². The predicted octanol–water partition coefficient (Wildman–Crippen LogP) is 3.36. The van der Waals surface area contributed by atoms with Gasteiger partial charge < -0.3 is 15.4 Å². The molecule has 0 saturated heterocycles. The smallest absolute Gasteiger partial charge is 0.257 e. The Bertz CT molecular complexity index is 1230. The second-order valence-electron chi connectivity index (χ2n) is 6.65. The van der Waals surface area contributed by atoms with Crippen LogP contribution in [0.3, 0.4) is 0 Å². The first-order valence-electron chi connectivity index (χ1n) is 9.62. The van der Waals surface area contributed by atoms with E-state index in [1.807, 2.05) is 0 Å². The minimum Gasteiger partial charge on any atom is -0.494 e. The van der Waals surface area contributed by atoms with Crippen molar-refractivity contribution < 1.29 is 22.7 Å². The Hall–Kier alpha value is -3.92. The summed E-state index contributed by atoms with van der Waals surface area (Å²) >= 11 is 0. The molecule has 0 bridgehead atoms. The predicted molar refractivity (Wildman–Crippen MR) is 123 cm³/mol. The summed E-state index contributed by atoms with van der Waals surface area (Å²) < 4.78 is 31.3. The van der Waals surface area contributed by atoms with E-state index in [4.69, 9.17) is 4.74 Å². The fourth-order valence-electron chi connectivity index (χ4n) is 2.73. The maximum absolute atomic E-state index is 12.7. The lowest BCUT2D eigenvalue weighted by Crippen LogP contribution is -2.16. The number of carbonyl (C=O) groups excluding carboxylic acids is 2. The molecule has 3 N–H and O–H groups in total. The van der Waals surface area contributed by atoms with Gasteiger partial charge in [-0.3, -0.25) is 19.3 Å². The molecule has 0 aliphatic carbocycles. The van der Waals surface area contributed by atoms with Crippen molar-refractivity contribution in [3.05, 3.63) is 78.1 Å². The van der Waals surface area contributed by atoms with Crippen LogP contribution in [0.1, 0.15) is 27.6 Å². The van der Waals surface area contributed by atoms with Gasteiger partial charge in [-0.05, 0) is 49.4 Å². The van der Waals surface area contributed by atoms with Gasteiger partial charge in [0.1, 0.15) is 5.75 Å². The van der Waals surface area contributed by atoms with Crippen LogP contribution in [0.25, 0.3) is 0 Å². The molecule has 1 aromatic heterocycles. The number of nitrogens with zero attached hydrogens (tertiary/aromatic N) is 1. The van der Waals surface area contributed by atoms with Crippen LogP contribution in [0, 0.1) is 0 Å². The number of pyridine rings is 1. The van der Waals surface area contributed by atoms with Crippen molar-refractivity contribution in [2.24, 2.45) is 0 Å². The van der Waals surface area contributed by atoms with E-state index >= 15 is 0 Å². The number of hydrogen-bond acceptors (Lipinski definition) is 6. The topological polar surface area (TPSA) is 126 Å². The number of sulfonamides is 1. The highest BCUT2D eigenvalue weighted by molar-refractivity contribution is 7.92. The van der Waals surface area contributed by atoms with Crippen LogP contribution in [0.15, 0.2) is 67.0 Å². The van der Waals surface area contributed by atoms with Crippen molar-refractivity contribution in [3.8, 4) is 5.75 Å². The summed E-state index contributed by atoms with van der Waals surface area (Å²) in [7, 11) is -2.07. The summed E-state index contributed by atoms with van der Waals surface area (Å²) in [5.74, 6) is -0.572. The second-order valence-corrected chi connectivity index (χ2v) is 8.66. The normalized spacial score (nSPS) is 10.8. The van der Waals surface area contributed by atoms with Gasteiger partial charge in [0.25, 0.3) is 11.8 Å². The average Bonchev–Trinajstić information content (AvgIpc) is 2.80. The third kappa shape index (κ3) is 5.82. The second kappa shape index (κ2) is 9.92. The third-order valence-corrected chi connectivity index (χ3v) is 5.70. The highest BCUT2D eigenvalue weighted by Crippen LogP contribution is 2.29. The van der Waals surface area contributed by atoms with Gasteiger partial charge in [0.2, 0.25) is 10.0 Å². The number of ether oxygens (including phenoxy) is 1. The van der Waals surface area contributed by atoms with E-state index in [1.54, 1.807) is 48.7 Å². The van der Waals surface area contributed by atoms with E-state index in [9.17, 15) is 18.0 Å². The number of hydrogen-bond donors (Lipinski definition) is 3. The summed E-state index contributed by atoms with van der Waals surface area (Å²) in [6, 6.07) is 14.3. The first kappa shape index (κ1) is 22.8. The van der Waals surface area contributed by atoms with Crippen LogP contribution in [-0.2, 0) is 10.0 Å². The lowest BCUT2D eigenvalue weighted by molar-refractivity contribution is 0.101. The number of carbonyl (C=O) groups is 2. The highest BCUT2D eigenvalue weighted by atomic mass is 32.2. The van der Waals surface area contributed by atoms with E-state index < -0.39 is 15.9 Å². The number of amides is 2. The molecule has 1 heterocycles. The van der Waals surface area contributed by atoms with Gasteiger partial charge in [-0.15, -0.1) is 0 Å². The fourth-order valence-corrected chi connectivity index (χ4v) is 3.38. The molecule has 0 fully saturated rings. The molecule has 166 valence electrons. The first-order valence-corrected chi connectivity index (χ1v) is 11.3. The molecule has 9 nitrogen and oxygen atoms in total.